The van der Waals surface area contributed by atoms with Crippen molar-refractivity contribution >= 4 is 16.7 Å². The van der Waals surface area contributed by atoms with Gasteiger partial charge in [-0.15, -0.1) is 0 Å². The maximum atomic E-state index is 12.6. The standard InChI is InChI=1S/C19H19N5O2/c25-18-15-4-2-1-3-14(15)16(22-23-18)11-13-5-6-21-17(12-13)19(26)24-9-7-20-8-10-24/h1-6,12,20H,7-11H2,(H,23,25). The lowest BCUT2D eigenvalue weighted by molar-refractivity contribution is 0.0730. The van der Waals surface area contributed by atoms with Crippen molar-refractivity contribution in [2.45, 2.75) is 6.42 Å². The lowest BCUT2D eigenvalue weighted by Gasteiger charge is -2.27. The smallest absolute Gasteiger partial charge is 0.272 e. The maximum Gasteiger partial charge on any atom is 0.272 e. The molecule has 0 aliphatic carbocycles. The topological polar surface area (TPSA) is 91.0 Å². The molecule has 7 nitrogen and oxygen atoms in total. The van der Waals surface area contributed by atoms with Crippen LogP contribution in [0.25, 0.3) is 10.8 Å². The lowest BCUT2D eigenvalue weighted by Crippen LogP contribution is -2.46. The molecule has 1 aliphatic rings. The van der Waals surface area contributed by atoms with E-state index in [1.807, 2.05) is 35.2 Å². The van der Waals surface area contributed by atoms with E-state index in [9.17, 15) is 9.59 Å². The van der Waals surface area contributed by atoms with Crippen LogP contribution >= 0.6 is 0 Å². The fourth-order valence-corrected chi connectivity index (χ4v) is 3.23. The van der Waals surface area contributed by atoms with Crippen LogP contribution in [0.1, 0.15) is 21.7 Å². The van der Waals surface area contributed by atoms with Gasteiger partial charge in [-0.25, -0.2) is 5.10 Å². The first-order valence-electron chi connectivity index (χ1n) is 8.63. The van der Waals surface area contributed by atoms with E-state index in [2.05, 4.69) is 20.5 Å². The van der Waals surface area contributed by atoms with Crippen LogP contribution in [-0.4, -0.2) is 52.2 Å². The van der Waals surface area contributed by atoms with E-state index in [1.54, 1.807) is 12.3 Å². The van der Waals surface area contributed by atoms with Gasteiger partial charge < -0.3 is 10.2 Å². The van der Waals surface area contributed by atoms with Crippen LogP contribution in [0.2, 0.25) is 0 Å². The number of piperazine rings is 1. The minimum absolute atomic E-state index is 0.0485. The predicted molar refractivity (Wildman–Crippen MR) is 98.2 cm³/mol. The van der Waals surface area contributed by atoms with E-state index >= 15 is 0 Å². The summed E-state index contributed by atoms with van der Waals surface area (Å²) in [4.78, 5) is 30.6. The molecule has 0 saturated carbocycles. The van der Waals surface area contributed by atoms with Gasteiger partial charge in [0.25, 0.3) is 11.5 Å². The number of aromatic amines is 1. The molecule has 0 unspecified atom stereocenters. The summed E-state index contributed by atoms with van der Waals surface area (Å²) in [6.45, 7) is 2.99. The average molecular weight is 349 g/mol. The minimum atomic E-state index is -0.200. The first-order chi connectivity index (χ1) is 12.7. The Morgan fingerprint density at radius 1 is 1.12 bits per heavy atom. The molecule has 0 spiro atoms. The van der Waals surface area contributed by atoms with E-state index < -0.39 is 0 Å². The predicted octanol–water partition coefficient (Wildman–Crippen LogP) is 0.954. The second kappa shape index (κ2) is 7.05. The van der Waals surface area contributed by atoms with Gasteiger partial charge >= 0.3 is 0 Å². The highest BCUT2D eigenvalue weighted by molar-refractivity contribution is 5.92. The van der Waals surface area contributed by atoms with Gasteiger partial charge in [0, 0.05) is 44.2 Å². The second-order valence-corrected chi connectivity index (χ2v) is 6.31. The molecule has 3 aromatic rings. The van der Waals surface area contributed by atoms with Crippen molar-refractivity contribution < 1.29 is 4.79 Å². The molecule has 0 radical (unpaired) electrons. The quantitative estimate of drug-likeness (QED) is 0.735. The van der Waals surface area contributed by atoms with E-state index in [-0.39, 0.29) is 11.5 Å². The molecule has 1 saturated heterocycles. The highest BCUT2D eigenvalue weighted by atomic mass is 16.2. The number of rotatable bonds is 3. The molecule has 7 heteroatoms. The molecule has 1 aromatic carbocycles. The molecule has 1 fully saturated rings. The van der Waals surface area contributed by atoms with Gasteiger partial charge in [-0.1, -0.05) is 18.2 Å². The van der Waals surface area contributed by atoms with Crippen LogP contribution in [0.4, 0.5) is 0 Å². The molecule has 0 bridgehead atoms. The Balaban J connectivity index is 1.63. The van der Waals surface area contributed by atoms with Crippen LogP contribution in [-0.2, 0) is 6.42 Å². The summed E-state index contributed by atoms with van der Waals surface area (Å²) in [6, 6.07) is 11.1. The van der Waals surface area contributed by atoms with E-state index in [4.69, 9.17) is 0 Å². The number of carbonyl (C=O) groups excluding carboxylic acids is 1. The van der Waals surface area contributed by atoms with Crippen LogP contribution < -0.4 is 10.9 Å². The fourth-order valence-electron chi connectivity index (χ4n) is 3.23. The monoisotopic (exact) mass is 349 g/mol. The number of nitrogens with zero attached hydrogens (tertiary/aromatic N) is 3. The van der Waals surface area contributed by atoms with Crippen LogP contribution in [0, 0.1) is 0 Å². The number of hydrogen-bond acceptors (Lipinski definition) is 5. The van der Waals surface area contributed by atoms with Crippen LogP contribution in [0.5, 0.6) is 0 Å². The molecule has 132 valence electrons. The van der Waals surface area contributed by atoms with Crippen molar-refractivity contribution in [1.29, 1.82) is 0 Å². The highest BCUT2D eigenvalue weighted by Gasteiger charge is 2.19. The zero-order valence-corrected chi connectivity index (χ0v) is 14.2. The molecular weight excluding hydrogens is 330 g/mol. The number of benzene rings is 1. The lowest BCUT2D eigenvalue weighted by atomic mass is 10.0. The maximum absolute atomic E-state index is 12.6. The van der Waals surface area contributed by atoms with Crippen molar-refractivity contribution in [3.05, 3.63) is 69.9 Å². The number of hydrogen-bond donors (Lipinski definition) is 2. The molecule has 1 aliphatic heterocycles. The van der Waals surface area contributed by atoms with Gasteiger partial charge in [0.05, 0.1) is 11.1 Å². The third-order valence-corrected chi connectivity index (χ3v) is 4.59. The summed E-state index contributed by atoms with van der Waals surface area (Å²) in [6.07, 6.45) is 2.17. The molecule has 26 heavy (non-hydrogen) atoms. The summed E-state index contributed by atoms with van der Waals surface area (Å²) < 4.78 is 0. The Labute approximate surface area is 150 Å². The van der Waals surface area contributed by atoms with Crippen molar-refractivity contribution in [3.8, 4) is 0 Å². The van der Waals surface area contributed by atoms with E-state index in [0.717, 1.165) is 29.7 Å². The zero-order valence-electron chi connectivity index (χ0n) is 14.2. The minimum Gasteiger partial charge on any atom is -0.335 e. The summed E-state index contributed by atoms with van der Waals surface area (Å²) in [5.74, 6) is -0.0485. The molecule has 2 N–H and O–H groups in total. The number of aromatic nitrogens is 3. The number of H-pyrrole nitrogens is 1. The molecule has 3 heterocycles. The molecular formula is C19H19N5O2. The largest absolute Gasteiger partial charge is 0.335 e. The summed E-state index contributed by atoms with van der Waals surface area (Å²) in [7, 11) is 0. The van der Waals surface area contributed by atoms with Gasteiger partial charge in [-0.3, -0.25) is 14.6 Å². The fraction of sp³-hybridized carbons (Fsp3) is 0.263. The Hall–Kier alpha value is -3.06. The summed E-state index contributed by atoms with van der Waals surface area (Å²) in [5, 5.41) is 11.4. The normalized spacial score (nSPS) is 14.5. The van der Waals surface area contributed by atoms with Crippen molar-refractivity contribution in [2.24, 2.45) is 0 Å². The van der Waals surface area contributed by atoms with Gasteiger partial charge in [0.2, 0.25) is 0 Å². The highest BCUT2D eigenvalue weighted by Crippen LogP contribution is 2.17. The van der Waals surface area contributed by atoms with Gasteiger partial charge in [0.1, 0.15) is 5.69 Å². The Kier molecular flexibility index (Phi) is 4.45. The van der Waals surface area contributed by atoms with Gasteiger partial charge in [0.15, 0.2) is 0 Å². The first-order valence-corrected chi connectivity index (χ1v) is 8.63. The zero-order chi connectivity index (χ0) is 17.9. The SMILES string of the molecule is O=C(c1cc(Cc2n[nH]c(=O)c3ccccc23)ccn1)N1CCNCC1. The third-order valence-electron chi connectivity index (χ3n) is 4.59. The molecule has 2 aromatic heterocycles. The number of fused-ring (bicyclic) bond motifs is 1. The average Bonchev–Trinajstić information content (AvgIpc) is 2.71. The Morgan fingerprint density at radius 3 is 2.69 bits per heavy atom. The first kappa shape index (κ1) is 16.4. The van der Waals surface area contributed by atoms with Crippen LogP contribution in [0.3, 0.4) is 0 Å². The van der Waals surface area contributed by atoms with Crippen molar-refractivity contribution in [3.63, 3.8) is 0 Å². The molecule has 0 atom stereocenters. The Morgan fingerprint density at radius 2 is 1.88 bits per heavy atom. The van der Waals surface area contributed by atoms with Crippen molar-refractivity contribution in [1.82, 2.24) is 25.4 Å². The third kappa shape index (κ3) is 3.21. The molecule has 1 amide bonds. The summed E-state index contributed by atoms with van der Waals surface area (Å²) >= 11 is 0. The number of amides is 1. The Bertz CT molecular complexity index is 1010. The molecule has 4 rings (SSSR count). The van der Waals surface area contributed by atoms with Gasteiger partial charge in [-0.2, -0.15) is 5.10 Å². The van der Waals surface area contributed by atoms with E-state index in [0.29, 0.717) is 30.6 Å². The second-order valence-electron chi connectivity index (χ2n) is 6.31. The number of carbonyl (C=O) groups is 1. The van der Waals surface area contributed by atoms with E-state index in [1.165, 1.54) is 0 Å². The van der Waals surface area contributed by atoms with Gasteiger partial charge in [-0.05, 0) is 23.8 Å². The summed E-state index contributed by atoms with van der Waals surface area (Å²) in [5.41, 5.74) is 1.95. The van der Waals surface area contributed by atoms with Crippen LogP contribution in [0.15, 0.2) is 47.4 Å². The number of pyridine rings is 1. The van der Waals surface area contributed by atoms with Crippen molar-refractivity contribution in [2.75, 3.05) is 26.2 Å². The number of nitrogens with one attached hydrogen (secondary N) is 2.